The summed E-state index contributed by atoms with van der Waals surface area (Å²) in [6.07, 6.45) is 1.87. The van der Waals surface area contributed by atoms with E-state index < -0.39 is 0 Å². The van der Waals surface area contributed by atoms with Gasteiger partial charge in [-0.05, 0) is 30.0 Å². The summed E-state index contributed by atoms with van der Waals surface area (Å²) in [5.41, 5.74) is 3.63. The summed E-state index contributed by atoms with van der Waals surface area (Å²) >= 11 is 0. The van der Waals surface area contributed by atoms with Crippen LogP contribution in [0.4, 0.5) is 11.4 Å². The molecule has 0 fully saturated rings. The van der Waals surface area contributed by atoms with Gasteiger partial charge < -0.3 is 4.90 Å². The molecule has 0 saturated carbocycles. The highest BCUT2D eigenvalue weighted by atomic mass is 16.6. The minimum Gasteiger partial charge on any atom is -0.365 e. The van der Waals surface area contributed by atoms with Gasteiger partial charge in [0.1, 0.15) is 5.69 Å². The molecule has 0 aromatic heterocycles. The zero-order valence-corrected chi connectivity index (χ0v) is 11.2. The van der Waals surface area contributed by atoms with Crippen LogP contribution in [-0.4, -0.2) is 18.0 Å². The minimum absolute atomic E-state index is 0.193. The van der Waals surface area contributed by atoms with Crippen LogP contribution in [0.3, 0.4) is 0 Å². The van der Waals surface area contributed by atoms with Crippen molar-refractivity contribution in [1.82, 2.24) is 0 Å². The van der Waals surface area contributed by atoms with Crippen LogP contribution < -0.4 is 4.90 Å². The zero-order valence-electron chi connectivity index (χ0n) is 11.2. The van der Waals surface area contributed by atoms with Gasteiger partial charge in [-0.2, -0.15) is 0 Å². The van der Waals surface area contributed by atoms with Crippen LogP contribution in [-0.2, 0) is 12.8 Å². The second-order valence-corrected chi connectivity index (χ2v) is 5.00. The number of para-hydroxylation sites is 2. The Kier molecular flexibility index (Phi) is 3.37. The van der Waals surface area contributed by atoms with E-state index in [1.807, 2.05) is 12.1 Å². The van der Waals surface area contributed by atoms with Gasteiger partial charge in [-0.25, -0.2) is 0 Å². The second kappa shape index (κ2) is 5.33. The van der Waals surface area contributed by atoms with Crippen LogP contribution >= 0.6 is 0 Å². The van der Waals surface area contributed by atoms with Gasteiger partial charge in [0.15, 0.2) is 0 Å². The first-order valence-corrected chi connectivity index (χ1v) is 6.81. The van der Waals surface area contributed by atoms with Crippen molar-refractivity contribution >= 4 is 11.4 Å². The lowest BCUT2D eigenvalue weighted by molar-refractivity contribution is -0.384. The number of nitro groups is 1. The Morgan fingerprint density at radius 2 is 1.45 bits per heavy atom. The normalized spacial score (nSPS) is 14.5. The molecule has 0 unspecified atom stereocenters. The van der Waals surface area contributed by atoms with Crippen molar-refractivity contribution in [3.8, 4) is 0 Å². The molecule has 0 N–H and O–H groups in total. The molecule has 0 radical (unpaired) electrons. The summed E-state index contributed by atoms with van der Waals surface area (Å²) < 4.78 is 0. The summed E-state index contributed by atoms with van der Waals surface area (Å²) in [4.78, 5) is 13.0. The third-order valence-electron chi connectivity index (χ3n) is 3.84. The van der Waals surface area contributed by atoms with Gasteiger partial charge in [0.05, 0.1) is 4.92 Å². The Hall–Kier alpha value is -2.36. The molecule has 2 aromatic carbocycles. The van der Waals surface area contributed by atoms with Crippen LogP contribution in [0.2, 0.25) is 0 Å². The molecular weight excluding hydrogens is 252 g/mol. The van der Waals surface area contributed by atoms with Crippen molar-refractivity contribution in [3.05, 3.63) is 69.8 Å². The summed E-state index contributed by atoms with van der Waals surface area (Å²) in [5, 5.41) is 11.1. The Balaban J connectivity index is 1.89. The molecule has 0 aliphatic carbocycles. The van der Waals surface area contributed by atoms with Crippen molar-refractivity contribution in [2.45, 2.75) is 12.8 Å². The molecule has 102 valence electrons. The average Bonchev–Trinajstić information content (AvgIpc) is 2.70. The van der Waals surface area contributed by atoms with Crippen LogP contribution in [0.15, 0.2) is 48.5 Å². The number of rotatable bonds is 2. The molecule has 0 spiro atoms. The molecule has 1 aliphatic rings. The molecule has 2 aromatic rings. The predicted octanol–water partition coefficient (Wildman–Crippen LogP) is 3.20. The first-order chi connectivity index (χ1) is 9.75. The van der Waals surface area contributed by atoms with Crippen molar-refractivity contribution in [2.24, 2.45) is 0 Å². The standard InChI is InChI=1S/C16H16N2O2/c19-18(20)16-8-4-3-7-15(16)17-11-9-13-5-1-2-6-14(13)10-12-17/h1-8H,9-12H2. The Bertz CT molecular complexity index is 613. The number of anilines is 1. The van der Waals surface area contributed by atoms with Crippen molar-refractivity contribution in [3.63, 3.8) is 0 Å². The summed E-state index contributed by atoms with van der Waals surface area (Å²) in [7, 11) is 0. The summed E-state index contributed by atoms with van der Waals surface area (Å²) in [5.74, 6) is 0. The lowest BCUT2D eigenvalue weighted by Crippen LogP contribution is -2.26. The maximum absolute atomic E-state index is 11.1. The summed E-state index contributed by atoms with van der Waals surface area (Å²) in [6.45, 7) is 1.64. The highest BCUT2D eigenvalue weighted by Gasteiger charge is 2.20. The van der Waals surface area contributed by atoms with Crippen LogP contribution in [0.1, 0.15) is 11.1 Å². The molecule has 3 rings (SSSR count). The van der Waals surface area contributed by atoms with Crippen molar-refractivity contribution in [2.75, 3.05) is 18.0 Å². The lowest BCUT2D eigenvalue weighted by Gasteiger charge is -2.22. The molecule has 0 amide bonds. The van der Waals surface area contributed by atoms with Gasteiger partial charge in [-0.3, -0.25) is 10.1 Å². The molecule has 0 bridgehead atoms. The van der Waals surface area contributed by atoms with E-state index >= 15 is 0 Å². The topological polar surface area (TPSA) is 46.4 Å². The van der Waals surface area contributed by atoms with Crippen molar-refractivity contribution in [1.29, 1.82) is 0 Å². The largest absolute Gasteiger partial charge is 0.365 e. The number of nitrogens with zero attached hydrogens (tertiary/aromatic N) is 2. The van der Waals surface area contributed by atoms with Crippen LogP contribution in [0.25, 0.3) is 0 Å². The maximum Gasteiger partial charge on any atom is 0.292 e. The van der Waals surface area contributed by atoms with E-state index in [1.54, 1.807) is 12.1 Å². The number of nitro benzene ring substituents is 1. The smallest absolute Gasteiger partial charge is 0.292 e. The number of hydrogen-bond donors (Lipinski definition) is 0. The van der Waals surface area contributed by atoms with Crippen molar-refractivity contribution < 1.29 is 4.92 Å². The third-order valence-corrected chi connectivity index (χ3v) is 3.84. The highest BCUT2D eigenvalue weighted by molar-refractivity contribution is 5.63. The Labute approximate surface area is 117 Å². The minimum atomic E-state index is -0.298. The van der Waals surface area contributed by atoms with E-state index in [1.165, 1.54) is 11.1 Å². The molecular formula is C16H16N2O2. The van der Waals surface area contributed by atoms with E-state index in [9.17, 15) is 10.1 Å². The van der Waals surface area contributed by atoms with Gasteiger partial charge in [0.25, 0.3) is 5.69 Å². The van der Waals surface area contributed by atoms with E-state index in [0.717, 1.165) is 31.6 Å². The van der Waals surface area contributed by atoms with Gasteiger partial charge in [0, 0.05) is 19.2 Å². The average molecular weight is 268 g/mol. The molecule has 1 aliphatic heterocycles. The van der Waals surface area contributed by atoms with Gasteiger partial charge in [0.2, 0.25) is 0 Å². The number of fused-ring (bicyclic) bond motifs is 1. The number of hydrogen-bond acceptors (Lipinski definition) is 3. The molecule has 0 saturated heterocycles. The molecule has 0 atom stereocenters. The van der Waals surface area contributed by atoms with Crippen LogP contribution in [0, 0.1) is 10.1 Å². The highest BCUT2D eigenvalue weighted by Crippen LogP contribution is 2.29. The molecule has 4 heteroatoms. The lowest BCUT2D eigenvalue weighted by atomic mass is 10.0. The monoisotopic (exact) mass is 268 g/mol. The first kappa shape index (κ1) is 12.7. The summed E-state index contributed by atoms with van der Waals surface area (Å²) in [6, 6.07) is 15.4. The predicted molar refractivity (Wildman–Crippen MR) is 79.2 cm³/mol. The molecule has 4 nitrogen and oxygen atoms in total. The van der Waals surface area contributed by atoms with E-state index in [2.05, 4.69) is 29.2 Å². The Morgan fingerprint density at radius 1 is 0.900 bits per heavy atom. The second-order valence-electron chi connectivity index (χ2n) is 5.00. The van der Waals surface area contributed by atoms with E-state index in [4.69, 9.17) is 0 Å². The van der Waals surface area contributed by atoms with E-state index in [0.29, 0.717) is 0 Å². The van der Waals surface area contributed by atoms with E-state index in [-0.39, 0.29) is 10.6 Å². The van der Waals surface area contributed by atoms with Gasteiger partial charge >= 0.3 is 0 Å². The molecule has 20 heavy (non-hydrogen) atoms. The fourth-order valence-corrected chi connectivity index (χ4v) is 2.79. The quantitative estimate of drug-likeness (QED) is 0.620. The van der Waals surface area contributed by atoms with Gasteiger partial charge in [-0.15, -0.1) is 0 Å². The third kappa shape index (κ3) is 2.37. The zero-order chi connectivity index (χ0) is 13.9. The maximum atomic E-state index is 11.1. The molecule has 1 heterocycles. The van der Waals surface area contributed by atoms with Crippen LogP contribution in [0.5, 0.6) is 0 Å². The fourth-order valence-electron chi connectivity index (χ4n) is 2.79. The SMILES string of the molecule is O=[N+]([O-])c1ccccc1N1CCc2ccccc2CC1. The first-order valence-electron chi connectivity index (χ1n) is 6.81. The number of benzene rings is 2. The Morgan fingerprint density at radius 3 is 2.05 bits per heavy atom. The fraction of sp³-hybridized carbons (Fsp3) is 0.250. The van der Waals surface area contributed by atoms with Gasteiger partial charge in [-0.1, -0.05) is 36.4 Å².